The van der Waals surface area contributed by atoms with Crippen molar-refractivity contribution in [3.63, 3.8) is 0 Å². The zero-order valence-electron chi connectivity index (χ0n) is 17.8. The number of nitrogens with one attached hydrogen (secondary N) is 1. The van der Waals surface area contributed by atoms with Crippen LogP contribution in [0, 0.1) is 6.92 Å². The van der Waals surface area contributed by atoms with Crippen LogP contribution >= 0.6 is 11.8 Å². The highest BCUT2D eigenvalue weighted by atomic mass is 32.2. The maximum absolute atomic E-state index is 12.4. The molecule has 0 unspecified atom stereocenters. The van der Waals surface area contributed by atoms with Gasteiger partial charge in [-0.05, 0) is 43.4 Å². The van der Waals surface area contributed by atoms with Gasteiger partial charge < -0.3 is 14.8 Å². The normalized spacial score (nSPS) is 13.9. The molecule has 0 bridgehead atoms. The van der Waals surface area contributed by atoms with Crippen LogP contribution < -0.4 is 10.2 Å². The fourth-order valence-corrected chi connectivity index (χ4v) is 4.44. The second-order valence-electron chi connectivity index (χ2n) is 7.74. The molecule has 1 aliphatic rings. The number of hydrogen-bond donors (Lipinski definition) is 1. The van der Waals surface area contributed by atoms with E-state index in [1.54, 1.807) is 0 Å². The smallest absolute Gasteiger partial charge is 0.230 e. The number of carbonyl (C=O) groups is 1. The number of carbonyl (C=O) groups excluding carboxylic acids is 1. The third kappa shape index (κ3) is 5.85. The fraction of sp³-hybridized carbons (Fsp3) is 0.391. The Morgan fingerprint density at radius 3 is 2.58 bits per heavy atom. The van der Waals surface area contributed by atoms with Crippen LogP contribution in [-0.2, 0) is 17.9 Å². The van der Waals surface area contributed by atoms with Crippen LogP contribution in [-0.4, -0.2) is 44.5 Å². The van der Waals surface area contributed by atoms with Crippen LogP contribution in [0.2, 0.25) is 0 Å². The minimum Gasteiger partial charge on any atom is -0.357 e. The Balaban J connectivity index is 1.26. The molecule has 0 spiro atoms. The predicted molar refractivity (Wildman–Crippen MR) is 123 cm³/mol. The molecule has 162 valence electrons. The topological polar surface area (TPSA) is 75.9 Å². The van der Waals surface area contributed by atoms with Crippen LogP contribution in [0.3, 0.4) is 0 Å². The van der Waals surface area contributed by atoms with Crippen molar-refractivity contribution in [2.75, 3.05) is 23.7 Å². The summed E-state index contributed by atoms with van der Waals surface area (Å²) < 4.78 is 2.04. The summed E-state index contributed by atoms with van der Waals surface area (Å²) in [5.74, 6) is 2.13. The summed E-state index contributed by atoms with van der Waals surface area (Å²) in [7, 11) is 0. The predicted octanol–water partition coefficient (Wildman–Crippen LogP) is 3.43. The average molecular weight is 437 g/mol. The first kappa shape index (κ1) is 21.4. The molecule has 1 fully saturated rings. The summed E-state index contributed by atoms with van der Waals surface area (Å²) in [6.07, 6.45) is 5.63. The molecule has 1 amide bonds. The number of piperidine rings is 1. The van der Waals surface area contributed by atoms with Gasteiger partial charge in [-0.1, -0.05) is 48.2 Å². The van der Waals surface area contributed by atoms with E-state index in [2.05, 4.69) is 43.6 Å². The molecular formula is C23H28N6OS. The van der Waals surface area contributed by atoms with Crippen molar-refractivity contribution < 1.29 is 4.79 Å². The Bertz CT molecular complexity index is 983. The highest BCUT2D eigenvalue weighted by Gasteiger charge is 2.13. The van der Waals surface area contributed by atoms with E-state index in [9.17, 15) is 4.79 Å². The largest absolute Gasteiger partial charge is 0.357 e. The number of anilines is 1. The van der Waals surface area contributed by atoms with Crippen molar-refractivity contribution in [1.29, 1.82) is 0 Å². The third-order valence-corrected chi connectivity index (χ3v) is 6.36. The van der Waals surface area contributed by atoms with E-state index >= 15 is 0 Å². The minimum atomic E-state index is -0.0305. The Morgan fingerprint density at radius 2 is 1.84 bits per heavy atom. The van der Waals surface area contributed by atoms with Crippen molar-refractivity contribution in [1.82, 2.24) is 25.1 Å². The summed E-state index contributed by atoms with van der Waals surface area (Å²) in [6, 6.07) is 14.3. The summed E-state index contributed by atoms with van der Waals surface area (Å²) in [4.78, 5) is 19.3. The van der Waals surface area contributed by atoms with Gasteiger partial charge in [-0.15, -0.1) is 10.2 Å². The second-order valence-corrected chi connectivity index (χ2v) is 8.68. The molecular weight excluding hydrogens is 408 g/mol. The fourth-order valence-electron chi connectivity index (χ4n) is 3.63. The lowest BCUT2D eigenvalue weighted by Gasteiger charge is -2.27. The molecule has 0 radical (unpaired) electrons. The summed E-state index contributed by atoms with van der Waals surface area (Å²) in [5.41, 5.74) is 2.18. The number of rotatable bonds is 8. The molecule has 0 saturated carbocycles. The van der Waals surface area contributed by atoms with Crippen molar-refractivity contribution in [2.45, 2.75) is 44.4 Å². The van der Waals surface area contributed by atoms with Gasteiger partial charge in [0.2, 0.25) is 5.91 Å². The molecule has 1 saturated heterocycles. The SMILES string of the molecule is Cc1nnc(SCC(=O)NCc2ccc(N3CCCCC3)nc2)n1Cc1ccccc1. The molecule has 1 N–H and O–H groups in total. The van der Waals surface area contributed by atoms with E-state index < -0.39 is 0 Å². The molecule has 8 heteroatoms. The van der Waals surface area contributed by atoms with Gasteiger partial charge in [0.05, 0.1) is 12.3 Å². The van der Waals surface area contributed by atoms with Crippen molar-refractivity contribution in [3.05, 3.63) is 65.6 Å². The maximum atomic E-state index is 12.4. The van der Waals surface area contributed by atoms with Gasteiger partial charge in [0.15, 0.2) is 5.16 Å². The summed E-state index contributed by atoms with van der Waals surface area (Å²) in [5, 5.41) is 12.1. The Hall–Kier alpha value is -2.87. The number of thioether (sulfide) groups is 1. The number of amides is 1. The quantitative estimate of drug-likeness (QED) is 0.545. The van der Waals surface area contributed by atoms with E-state index in [1.807, 2.05) is 42.0 Å². The number of aromatic nitrogens is 4. The van der Waals surface area contributed by atoms with Gasteiger partial charge in [0.1, 0.15) is 11.6 Å². The Labute approximate surface area is 187 Å². The van der Waals surface area contributed by atoms with Gasteiger partial charge >= 0.3 is 0 Å². The van der Waals surface area contributed by atoms with Crippen LogP contribution in [0.5, 0.6) is 0 Å². The van der Waals surface area contributed by atoms with Crippen molar-refractivity contribution >= 4 is 23.5 Å². The highest BCUT2D eigenvalue weighted by molar-refractivity contribution is 7.99. The lowest BCUT2D eigenvalue weighted by Crippen LogP contribution is -2.30. The number of pyridine rings is 1. The Kier molecular flexibility index (Phi) is 7.19. The summed E-state index contributed by atoms with van der Waals surface area (Å²) >= 11 is 1.41. The Morgan fingerprint density at radius 1 is 1.03 bits per heavy atom. The molecule has 31 heavy (non-hydrogen) atoms. The average Bonchev–Trinajstić information content (AvgIpc) is 3.17. The molecule has 0 aliphatic carbocycles. The van der Waals surface area contributed by atoms with Gasteiger partial charge in [0, 0.05) is 25.8 Å². The molecule has 0 atom stereocenters. The van der Waals surface area contributed by atoms with Crippen molar-refractivity contribution in [3.8, 4) is 0 Å². The lowest BCUT2D eigenvalue weighted by atomic mass is 10.1. The summed E-state index contributed by atoms with van der Waals surface area (Å²) in [6.45, 7) is 5.25. The minimum absolute atomic E-state index is 0.0305. The molecule has 4 rings (SSSR count). The maximum Gasteiger partial charge on any atom is 0.230 e. The van der Waals surface area contributed by atoms with Crippen molar-refractivity contribution in [2.24, 2.45) is 0 Å². The van der Waals surface area contributed by atoms with E-state index in [-0.39, 0.29) is 5.91 Å². The molecule has 3 aromatic rings. The first-order chi connectivity index (χ1) is 15.2. The zero-order chi connectivity index (χ0) is 21.5. The van der Waals surface area contributed by atoms with Gasteiger partial charge in [-0.25, -0.2) is 4.98 Å². The van der Waals surface area contributed by atoms with Crippen LogP contribution in [0.4, 0.5) is 5.82 Å². The van der Waals surface area contributed by atoms with Gasteiger partial charge in [-0.2, -0.15) is 0 Å². The standard InChI is InChI=1S/C23H28N6OS/c1-18-26-27-23(29(18)16-19-8-4-2-5-9-19)31-17-22(30)25-15-20-10-11-21(24-14-20)28-12-6-3-7-13-28/h2,4-5,8-11,14H,3,6-7,12-13,15-17H2,1H3,(H,25,30). The van der Waals surface area contributed by atoms with E-state index in [0.717, 1.165) is 35.5 Å². The lowest BCUT2D eigenvalue weighted by molar-refractivity contribution is -0.118. The zero-order valence-corrected chi connectivity index (χ0v) is 18.6. The highest BCUT2D eigenvalue weighted by Crippen LogP contribution is 2.19. The van der Waals surface area contributed by atoms with Gasteiger partial charge in [0.25, 0.3) is 0 Å². The van der Waals surface area contributed by atoms with Crippen LogP contribution in [0.25, 0.3) is 0 Å². The van der Waals surface area contributed by atoms with E-state index in [4.69, 9.17) is 0 Å². The second kappa shape index (κ2) is 10.4. The first-order valence-electron chi connectivity index (χ1n) is 10.7. The van der Waals surface area contributed by atoms with E-state index in [0.29, 0.717) is 18.8 Å². The molecule has 1 aromatic carbocycles. The van der Waals surface area contributed by atoms with E-state index in [1.165, 1.54) is 36.6 Å². The van der Waals surface area contributed by atoms with Crippen LogP contribution in [0.1, 0.15) is 36.2 Å². The molecule has 2 aromatic heterocycles. The third-order valence-electron chi connectivity index (χ3n) is 5.40. The number of aryl methyl sites for hydroxylation is 1. The monoisotopic (exact) mass is 436 g/mol. The molecule has 3 heterocycles. The van der Waals surface area contributed by atoms with Crippen LogP contribution in [0.15, 0.2) is 53.8 Å². The number of benzene rings is 1. The molecule has 7 nitrogen and oxygen atoms in total. The number of nitrogens with zero attached hydrogens (tertiary/aromatic N) is 5. The number of hydrogen-bond acceptors (Lipinski definition) is 6. The molecule has 1 aliphatic heterocycles. The van der Waals surface area contributed by atoms with Gasteiger partial charge in [-0.3, -0.25) is 4.79 Å². The first-order valence-corrected chi connectivity index (χ1v) is 11.7.